The highest BCUT2D eigenvalue weighted by Crippen LogP contribution is 2.44. The number of rotatable bonds is 5. The quantitative estimate of drug-likeness (QED) is 0.176. The average molecular weight is 744 g/mol. The van der Waals surface area contributed by atoms with Crippen LogP contribution in [0.2, 0.25) is 0 Å². The lowest BCUT2D eigenvalue weighted by Crippen LogP contribution is -2.01. The molecule has 1 aliphatic rings. The average Bonchev–Trinajstić information content (AvgIpc) is 3.87. The lowest BCUT2D eigenvalue weighted by molar-refractivity contribution is 0.667. The highest BCUT2D eigenvalue weighted by Gasteiger charge is 2.22. The summed E-state index contributed by atoms with van der Waals surface area (Å²) < 4.78 is 12.9. The fourth-order valence-electron chi connectivity index (χ4n) is 8.89. The number of hydrogen-bond donors (Lipinski definition) is 0. The van der Waals surface area contributed by atoms with Crippen molar-refractivity contribution in [3.05, 3.63) is 188 Å². The zero-order valence-corrected chi connectivity index (χ0v) is 31.3. The molecular weight excluding hydrogens is 711 g/mol. The maximum atomic E-state index is 6.56. The summed E-state index contributed by atoms with van der Waals surface area (Å²) in [5.41, 5.74) is 9.67. The van der Waals surface area contributed by atoms with Crippen molar-refractivity contribution in [1.29, 1.82) is 0 Å². The van der Waals surface area contributed by atoms with E-state index in [9.17, 15) is 0 Å². The van der Waals surface area contributed by atoms with Crippen LogP contribution in [0, 0.1) is 0 Å². The minimum atomic E-state index is 0.265. The zero-order valence-electron chi connectivity index (χ0n) is 31.3. The molecule has 12 rings (SSSR count). The van der Waals surface area contributed by atoms with Crippen LogP contribution >= 0.6 is 0 Å². The fourth-order valence-corrected chi connectivity index (χ4v) is 8.89. The highest BCUT2D eigenvalue weighted by atomic mass is 16.3. The third-order valence-electron chi connectivity index (χ3n) is 11.7. The Morgan fingerprint density at radius 2 is 1.03 bits per heavy atom. The molecule has 5 nitrogen and oxygen atoms in total. The van der Waals surface area contributed by atoms with Crippen molar-refractivity contribution in [2.45, 2.75) is 12.3 Å². The van der Waals surface area contributed by atoms with Crippen molar-refractivity contribution in [3.63, 3.8) is 0 Å². The molecule has 0 amide bonds. The van der Waals surface area contributed by atoms with Crippen LogP contribution in [0.5, 0.6) is 0 Å². The molecule has 0 aliphatic heterocycles. The monoisotopic (exact) mass is 743 g/mol. The first-order valence-corrected chi connectivity index (χ1v) is 19.7. The van der Waals surface area contributed by atoms with Gasteiger partial charge in [0.05, 0.1) is 0 Å². The van der Waals surface area contributed by atoms with Gasteiger partial charge >= 0.3 is 0 Å². The smallest absolute Gasteiger partial charge is 0.164 e. The van der Waals surface area contributed by atoms with E-state index in [1.807, 2.05) is 36.4 Å². The van der Waals surface area contributed by atoms with Gasteiger partial charge in [0, 0.05) is 44.2 Å². The van der Waals surface area contributed by atoms with Gasteiger partial charge in [0.15, 0.2) is 17.5 Å². The van der Waals surface area contributed by atoms with Crippen LogP contribution in [0.3, 0.4) is 0 Å². The second kappa shape index (κ2) is 13.0. The van der Waals surface area contributed by atoms with Gasteiger partial charge < -0.3 is 8.83 Å². The number of nitrogens with zero attached hydrogens (tertiary/aromatic N) is 3. The van der Waals surface area contributed by atoms with Gasteiger partial charge in [0.25, 0.3) is 0 Å². The summed E-state index contributed by atoms with van der Waals surface area (Å²) in [6.45, 7) is 0. The van der Waals surface area contributed by atoms with Crippen molar-refractivity contribution in [2.24, 2.45) is 0 Å². The van der Waals surface area contributed by atoms with E-state index in [1.165, 1.54) is 5.56 Å². The Kier molecular flexibility index (Phi) is 7.29. The van der Waals surface area contributed by atoms with Gasteiger partial charge in [-0.15, -0.1) is 0 Å². The first-order valence-electron chi connectivity index (χ1n) is 19.7. The molecule has 0 saturated carbocycles. The maximum absolute atomic E-state index is 6.56. The SMILES string of the molecule is C1=CCC(c2cc(-c3ccc(-c4nc(-c5ccc6ccccc6c5)nc(-c5cccc6oc7ccccc7c56)n4)c4ccccc34)c3c(c2)oc2ccccc23)C=C1. The molecule has 0 bridgehead atoms. The number of allylic oxidation sites excluding steroid dienone is 4. The van der Waals surface area contributed by atoms with E-state index < -0.39 is 0 Å². The summed E-state index contributed by atoms with van der Waals surface area (Å²) >= 11 is 0. The van der Waals surface area contributed by atoms with Gasteiger partial charge in [-0.2, -0.15) is 0 Å². The van der Waals surface area contributed by atoms with Crippen LogP contribution in [-0.4, -0.2) is 15.0 Å². The molecule has 272 valence electrons. The van der Waals surface area contributed by atoms with Crippen LogP contribution in [0.15, 0.2) is 191 Å². The molecule has 1 aliphatic carbocycles. The minimum Gasteiger partial charge on any atom is -0.456 e. The third kappa shape index (κ3) is 5.21. The first-order chi connectivity index (χ1) is 28.7. The second-order valence-electron chi connectivity index (χ2n) is 15.0. The van der Waals surface area contributed by atoms with Crippen molar-refractivity contribution in [2.75, 3.05) is 0 Å². The summed E-state index contributed by atoms with van der Waals surface area (Å²) in [5.74, 6) is 2.07. The number of fused-ring (bicyclic) bond motifs is 8. The minimum absolute atomic E-state index is 0.265. The van der Waals surface area contributed by atoms with Crippen molar-refractivity contribution in [1.82, 2.24) is 15.0 Å². The summed E-state index contributed by atoms with van der Waals surface area (Å²) in [7, 11) is 0. The number of aromatic nitrogens is 3. The molecule has 3 aromatic heterocycles. The van der Waals surface area contributed by atoms with Gasteiger partial charge in [-0.3, -0.25) is 0 Å². The number of hydrogen-bond acceptors (Lipinski definition) is 5. The molecule has 58 heavy (non-hydrogen) atoms. The molecule has 0 saturated heterocycles. The second-order valence-corrected chi connectivity index (χ2v) is 15.0. The van der Waals surface area contributed by atoms with Gasteiger partial charge in [-0.1, -0.05) is 140 Å². The topological polar surface area (TPSA) is 65.0 Å². The maximum Gasteiger partial charge on any atom is 0.164 e. The molecule has 5 heteroatoms. The lowest BCUT2D eigenvalue weighted by atomic mass is 9.86. The summed E-state index contributed by atoms with van der Waals surface area (Å²) in [4.78, 5) is 15.8. The lowest BCUT2D eigenvalue weighted by Gasteiger charge is -2.17. The van der Waals surface area contributed by atoms with E-state index in [4.69, 9.17) is 23.8 Å². The Morgan fingerprint density at radius 1 is 0.414 bits per heavy atom. The molecule has 3 heterocycles. The normalized spacial score (nSPS) is 14.2. The predicted octanol–water partition coefficient (Wildman–Crippen LogP) is 14.2. The van der Waals surface area contributed by atoms with E-state index in [-0.39, 0.29) is 5.92 Å². The molecule has 1 atom stereocenters. The largest absolute Gasteiger partial charge is 0.456 e. The third-order valence-corrected chi connectivity index (χ3v) is 11.7. The Morgan fingerprint density at radius 3 is 1.81 bits per heavy atom. The van der Waals surface area contributed by atoms with Crippen molar-refractivity contribution in [3.8, 4) is 45.3 Å². The summed E-state index contributed by atoms with van der Waals surface area (Å²) in [6, 6.07) is 55.0. The molecule has 0 fully saturated rings. The van der Waals surface area contributed by atoms with E-state index >= 15 is 0 Å². The number of benzene rings is 8. The molecule has 11 aromatic rings. The van der Waals surface area contributed by atoms with Crippen LogP contribution in [0.1, 0.15) is 17.9 Å². The fraction of sp³-hybridized carbons (Fsp3) is 0.0377. The van der Waals surface area contributed by atoms with Gasteiger partial charge in [-0.25, -0.2) is 15.0 Å². The first kappa shape index (κ1) is 32.6. The molecule has 1 unspecified atom stereocenters. The van der Waals surface area contributed by atoms with E-state index in [0.29, 0.717) is 17.5 Å². The van der Waals surface area contributed by atoms with Gasteiger partial charge in [0.1, 0.15) is 22.3 Å². The molecule has 8 aromatic carbocycles. The standard InChI is InChI=1S/C53H33N3O2/c1-2-13-32(14-3-1)36-30-44(50-42-20-9-11-23-46(42)58-48(50)31-36)39-27-28-40(38-18-7-6-17-37(38)39)52-54-51(35-26-25-33-15-4-5-16-34(33)29-35)55-53(56-52)43-21-12-24-47-49(43)41-19-8-10-22-45(41)57-47/h1-13,15-32H,14H2. The van der Waals surface area contributed by atoms with Crippen molar-refractivity contribution >= 4 is 65.4 Å². The Bertz CT molecular complexity index is 3520. The molecule has 0 spiro atoms. The van der Waals surface area contributed by atoms with E-state index in [1.54, 1.807) is 0 Å². The Balaban J connectivity index is 1.11. The molecule has 0 N–H and O–H groups in total. The van der Waals surface area contributed by atoms with Gasteiger partial charge in [0.2, 0.25) is 0 Å². The van der Waals surface area contributed by atoms with Crippen LogP contribution in [0.4, 0.5) is 0 Å². The number of furan rings is 2. The number of para-hydroxylation sites is 2. The predicted molar refractivity (Wildman–Crippen MR) is 237 cm³/mol. The van der Waals surface area contributed by atoms with Crippen LogP contribution < -0.4 is 0 Å². The Labute approximate surface area is 333 Å². The van der Waals surface area contributed by atoms with Crippen LogP contribution in [0.25, 0.3) is 111 Å². The molecular formula is C53H33N3O2. The van der Waals surface area contributed by atoms with E-state index in [2.05, 4.69) is 146 Å². The van der Waals surface area contributed by atoms with Crippen LogP contribution in [-0.2, 0) is 0 Å². The summed E-state index contributed by atoms with van der Waals surface area (Å²) in [6.07, 6.45) is 9.74. The summed E-state index contributed by atoms with van der Waals surface area (Å²) in [5, 5.41) is 8.69. The van der Waals surface area contributed by atoms with Crippen molar-refractivity contribution < 1.29 is 8.83 Å². The molecule has 0 radical (unpaired) electrons. The van der Waals surface area contributed by atoms with E-state index in [0.717, 1.165) is 99.7 Å². The zero-order chi connectivity index (χ0) is 38.2. The van der Waals surface area contributed by atoms with Gasteiger partial charge in [-0.05, 0) is 87.1 Å². The highest BCUT2D eigenvalue weighted by molar-refractivity contribution is 6.17. The Hall–Kier alpha value is -7.63.